The molecule has 0 radical (unpaired) electrons. The van der Waals surface area contributed by atoms with Gasteiger partial charge in [-0.05, 0) is 29.9 Å². The van der Waals surface area contributed by atoms with E-state index in [4.69, 9.17) is 4.74 Å². The van der Waals surface area contributed by atoms with Gasteiger partial charge in [-0.2, -0.15) is 17.0 Å². The fourth-order valence-electron chi connectivity index (χ4n) is 4.21. The summed E-state index contributed by atoms with van der Waals surface area (Å²) >= 11 is 1.96. The standard InChI is InChI=1S/C23H25N3O2S/c24-15-18-5-1-2-6-19(18)20-7-3-4-8-21(20)22(27)25-16-23(9-14-29-17-23)26-10-12-28-13-11-26/h1-8H,9-14,16-17H2,(H,25,27). The van der Waals surface area contributed by atoms with E-state index in [1.165, 1.54) is 0 Å². The van der Waals surface area contributed by atoms with E-state index < -0.39 is 0 Å². The maximum atomic E-state index is 13.2. The summed E-state index contributed by atoms with van der Waals surface area (Å²) in [6, 6.07) is 17.2. The van der Waals surface area contributed by atoms with Crippen molar-refractivity contribution in [3.63, 3.8) is 0 Å². The molecule has 1 atom stereocenters. The number of morpholine rings is 1. The fourth-order valence-corrected chi connectivity index (χ4v) is 5.68. The quantitative estimate of drug-likeness (QED) is 0.825. The molecule has 150 valence electrons. The number of benzene rings is 2. The number of amides is 1. The van der Waals surface area contributed by atoms with Crippen molar-refractivity contribution in [3.8, 4) is 17.2 Å². The van der Waals surface area contributed by atoms with Gasteiger partial charge in [0.2, 0.25) is 0 Å². The molecule has 2 aliphatic heterocycles. The Morgan fingerprint density at radius 3 is 2.59 bits per heavy atom. The van der Waals surface area contributed by atoms with Crippen LogP contribution in [0.15, 0.2) is 48.5 Å². The summed E-state index contributed by atoms with van der Waals surface area (Å²) in [5.41, 5.74) is 2.77. The zero-order valence-corrected chi connectivity index (χ0v) is 17.2. The molecule has 29 heavy (non-hydrogen) atoms. The molecule has 1 unspecified atom stereocenters. The Labute approximate surface area is 176 Å². The first-order valence-electron chi connectivity index (χ1n) is 10.0. The van der Waals surface area contributed by atoms with Gasteiger partial charge in [0.15, 0.2) is 0 Å². The van der Waals surface area contributed by atoms with Gasteiger partial charge in [0.05, 0.1) is 24.8 Å². The van der Waals surface area contributed by atoms with Crippen LogP contribution in [0.2, 0.25) is 0 Å². The molecule has 0 saturated carbocycles. The number of carbonyl (C=O) groups is 1. The molecule has 2 heterocycles. The number of nitrogens with one attached hydrogen (secondary N) is 1. The Kier molecular flexibility index (Phi) is 6.19. The van der Waals surface area contributed by atoms with Gasteiger partial charge < -0.3 is 10.1 Å². The fraction of sp³-hybridized carbons (Fsp3) is 0.391. The van der Waals surface area contributed by atoms with Crippen LogP contribution in [-0.4, -0.2) is 60.7 Å². The molecule has 0 bridgehead atoms. The van der Waals surface area contributed by atoms with Crippen molar-refractivity contribution < 1.29 is 9.53 Å². The van der Waals surface area contributed by atoms with Crippen molar-refractivity contribution in [2.45, 2.75) is 12.0 Å². The Balaban J connectivity index is 1.56. The van der Waals surface area contributed by atoms with Crippen molar-refractivity contribution in [1.29, 1.82) is 5.26 Å². The second-order valence-corrected chi connectivity index (χ2v) is 8.62. The highest BCUT2D eigenvalue weighted by Crippen LogP contribution is 2.34. The molecule has 2 aliphatic rings. The van der Waals surface area contributed by atoms with Gasteiger partial charge in [0, 0.05) is 42.1 Å². The first-order valence-corrected chi connectivity index (χ1v) is 11.2. The number of carbonyl (C=O) groups excluding carboxylic acids is 1. The zero-order chi connectivity index (χ0) is 20.1. The molecular weight excluding hydrogens is 382 g/mol. The first kappa shape index (κ1) is 20.0. The van der Waals surface area contributed by atoms with Gasteiger partial charge in [-0.25, -0.2) is 0 Å². The third-order valence-corrected chi connectivity index (χ3v) is 7.09. The Morgan fingerprint density at radius 2 is 1.86 bits per heavy atom. The van der Waals surface area contributed by atoms with E-state index in [2.05, 4.69) is 16.3 Å². The van der Waals surface area contributed by atoms with Crippen LogP contribution in [0, 0.1) is 11.3 Å². The minimum absolute atomic E-state index is 0.00358. The van der Waals surface area contributed by atoms with Gasteiger partial charge in [0.25, 0.3) is 5.91 Å². The number of hydrogen-bond donors (Lipinski definition) is 1. The average molecular weight is 408 g/mol. The number of ether oxygens (including phenoxy) is 1. The highest BCUT2D eigenvalue weighted by atomic mass is 32.2. The Morgan fingerprint density at radius 1 is 1.14 bits per heavy atom. The third-order valence-electron chi connectivity index (χ3n) is 5.85. The molecule has 4 rings (SSSR count). The maximum absolute atomic E-state index is 13.2. The molecule has 0 aromatic heterocycles. The second kappa shape index (κ2) is 9.00. The van der Waals surface area contributed by atoms with Crippen LogP contribution in [0.5, 0.6) is 0 Å². The zero-order valence-electron chi connectivity index (χ0n) is 16.4. The van der Waals surface area contributed by atoms with E-state index in [-0.39, 0.29) is 11.4 Å². The monoisotopic (exact) mass is 407 g/mol. The molecule has 2 aromatic rings. The second-order valence-electron chi connectivity index (χ2n) is 7.51. The van der Waals surface area contributed by atoms with Crippen molar-refractivity contribution in [3.05, 3.63) is 59.7 Å². The van der Waals surface area contributed by atoms with Crippen LogP contribution in [-0.2, 0) is 4.74 Å². The van der Waals surface area contributed by atoms with Crippen molar-refractivity contribution >= 4 is 17.7 Å². The highest BCUT2D eigenvalue weighted by Gasteiger charge is 2.41. The predicted octanol–water partition coefficient (Wildman–Crippen LogP) is 3.16. The molecule has 1 N–H and O–H groups in total. The van der Waals surface area contributed by atoms with Crippen LogP contribution in [0.3, 0.4) is 0 Å². The van der Waals surface area contributed by atoms with Gasteiger partial charge in [-0.1, -0.05) is 36.4 Å². The summed E-state index contributed by atoms with van der Waals surface area (Å²) in [5.74, 6) is 2.07. The molecule has 6 heteroatoms. The first-order chi connectivity index (χ1) is 14.2. The molecule has 0 aliphatic carbocycles. The van der Waals surface area contributed by atoms with Crippen LogP contribution in [0.25, 0.3) is 11.1 Å². The van der Waals surface area contributed by atoms with Crippen molar-refractivity contribution in [1.82, 2.24) is 10.2 Å². The van der Waals surface area contributed by atoms with Crippen LogP contribution >= 0.6 is 11.8 Å². The normalized spacial score (nSPS) is 22.2. The third kappa shape index (κ3) is 4.18. The van der Waals surface area contributed by atoms with Crippen molar-refractivity contribution in [2.24, 2.45) is 0 Å². The lowest BCUT2D eigenvalue weighted by Crippen LogP contribution is -2.59. The van der Waals surface area contributed by atoms with E-state index in [0.29, 0.717) is 17.7 Å². The summed E-state index contributed by atoms with van der Waals surface area (Å²) in [6.07, 6.45) is 1.08. The summed E-state index contributed by atoms with van der Waals surface area (Å²) in [7, 11) is 0. The average Bonchev–Trinajstić information content (AvgIpc) is 3.28. The summed E-state index contributed by atoms with van der Waals surface area (Å²) in [6.45, 7) is 3.99. The maximum Gasteiger partial charge on any atom is 0.251 e. The van der Waals surface area contributed by atoms with E-state index in [1.54, 1.807) is 6.07 Å². The number of nitrogens with zero attached hydrogens (tertiary/aromatic N) is 2. The van der Waals surface area contributed by atoms with E-state index >= 15 is 0 Å². The van der Waals surface area contributed by atoms with Gasteiger partial charge >= 0.3 is 0 Å². The van der Waals surface area contributed by atoms with Crippen LogP contribution in [0.4, 0.5) is 0 Å². The van der Waals surface area contributed by atoms with Crippen LogP contribution in [0.1, 0.15) is 22.3 Å². The lowest BCUT2D eigenvalue weighted by molar-refractivity contribution is -0.0129. The molecule has 2 fully saturated rings. The number of hydrogen-bond acceptors (Lipinski definition) is 5. The van der Waals surface area contributed by atoms with Gasteiger partial charge in [0.1, 0.15) is 0 Å². The summed E-state index contributed by atoms with van der Waals surface area (Å²) in [5, 5.41) is 12.7. The Bertz CT molecular complexity index is 912. The Hall–Kier alpha value is -2.33. The van der Waals surface area contributed by atoms with E-state index in [0.717, 1.165) is 55.4 Å². The number of thioether (sulfide) groups is 1. The summed E-state index contributed by atoms with van der Waals surface area (Å²) in [4.78, 5) is 15.7. The molecule has 2 aromatic carbocycles. The van der Waals surface area contributed by atoms with E-state index in [9.17, 15) is 10.1 Å². The van der Waals surface area contributed by atoms with Gasteiger partial charge in [-0.3, -0.25) is 9.69 Å². The van der Waals surface area contributed by atoms with Gasteiger partial charge in [-0.15, -0.1) is 0 Å². The van der Waals surface area contributed by atoms with Crippen LogP contribution < -0.4 is 5.32 Å². The molecule has 2 saturated heterocycles. The topological polar surface area (TPSA) is 65.4 Å². The smallest absolute Gasteiger partial charge is 0.251 e. The molecule has 0 spiro atoms. The minimum atomic E-state index is -0.0853. The molecule has 5 nitrogen and oxygen atoms in total. The minimum Gasteiger partial charge on any atom is -0.379 e. The lowest BCUT2D eigenvalue weighted by atomic mass is 9.93. The SMILES string of the molecule is N#Cc1ccccc1-c1ccccc1C(=O)NCC1(N2CCOCC2)CCSC1. The number of nitriles is 1. The summed E-state index contributed by atoms with van der Waals surface area (Å²) < 4.78 is 5.52. The number of rotatable bonds is 5. The predicted molar refractivity (Wildman–Crippen MR) is 116 cm³/mol. The molecular formula is C23H25N3O2S. The molecule has 1 amide bonds. The van der Waals surface area contributed by atoms with E-state index in [1.807, 2.05) is 54.2 Å². The highest BCUT2D eigenvalue weighted by molar-refractivity contribution is 7.99. The lowest BCUT2D eigenvalue weighted by Gasteiger charge is -2.43. The largest absolute Gasteiger partial charge is 0.379 e. The van der Waals surface area contributed by atoms with Crippen molar-refractivity contribution in [2.75, 3.05) is 44.4 Å².